The maximum absolute atomic E-state index is 12.2. The van der Waals surface area contributed by atoms with E-state index in [1.165, 1.54) is 26.4 Å². The summed E-state index contributed by atoms with van der Waals surface area (Å²) in [6.07, 6.45) is 1.60. The molecule has 0 bridgehead atoms. The quantitative estimate of drug-likeness (QED) is 0.762. The number of rotatable bonds is 7. The smallest absolute Gasteiger partial charge is 0.387 e. The van der Waals surface area contributed by atoms with Crippen LogP contribution in [0, 0.1) is 0 Å². The van der Waals surface area contributed by atoms with Gasteiger partial charge in [0.25, 0.3) is 0 Å². The van der Waals surface area contributed by atoms with Crippen LogP contribution in [0.25, 0.3) is 0 Å². The predicted octanol–water partition coefficient (Wildman–Crippen LogP) is 2.89. The zero-order valence-corrected chi connectivity index (χ0v) is 12.7. The van der Waals surface area contributed by atoms with E-state index in [0.29, 0.717) is 29.4 Å². The van der Waals surface area contributed by atoms with Gasteiger partial charge < -0.3 is 25.3 Å². The maximum Gasteiger partial charge on any atom is 0.387 e. The van der Waals surface area contributed by atoms with E-state index in [-0.39, 0.29) is 11.4 Å². The third-order valence-electron chi connectivity index (χ3n) is 3.06. The average Bonchev–Trinajstić information content (AvgIpc) is 2.53. The van der Waals surface area contributed by atoms with Crippen LogP contribution in [0.3, 0.4) is 0 Å². The van der Waals surface area contributed by atoms with Gasteiger partial charge in [0.2, 0.25) is 0 Å². The molecule has 0 aliphatic heterocycles. The number of pyridine rings is 1. The highest BCUT2D eigenvalue weighted by molar-refractivity contribution is 5.68. The summed E-state index contributed by atoms with van der Waals surface area (Å²) in [6, 6.07) is 5.97. The minimum Gasteiger partial charge on any atom is -0.493 e. The van der Waals surface area contributed by atoms with Crippen LogP contribution in [0.4, 0.5) is 20.2 Å². The summed E-state index contributed by atoms with van der Waals surface area (Å²) in [5.41, 5.74) is 7.30. The molecule has 8 heteroatoms. The number of hydrogen-bond acceptors (Lipinski definition) is 6. The number of methoxy groups -OCH3 is 2. The first-order valence-electron chi connectivity index (χ1n) is 6.69. The van der Waals surface area contributed by atoms with E-state index in [1.54, 1.807) is 18.3 Å². The molecule has 0 radical (unpaired) electrons. The van der Waals surface area contributed by atoms with Gasteiger partial charge in [-0.2, -0.15) is 8.78 Å². The number of nitrogens with one attached hydrogen (secondary N) is 1. The van der Waals surface area contributed by atoms with Gasteiger partial charge in [-0.05, 0) is 12.1 Å². The zero-order valence-electron chi connectivity index (χ0n) is 12.7. The Morgan fingerprint density at radius 1 is 1.22 bits per heavy atom. The second-order valence-corrected chi connectivity index (χ2v) is 4.47. The van der Waals surface area contributed by atoms with Crippen LogP contribution in [0.2, 0.25) is 0 Å². The molecule has 124 valence electrons. The lowest BCUT2D eigenvalue weighted by Gasteiger charge is -2.14. The Morgan fingerprint density at radius 3 is 2.61 bits per heavy atom. The molecule has 6 nitrogen and oxygen atoms in total. The van der Waals surface area contributed by atoms with Crippen molar-refractivity contribution in [1.82, 2.24) is 4.98 Å². The van der Waals surface area contributed by atoms with Gasteiger partial charge in [-0.1, -0.05) is 0 Å². The van der Waals surface area contributed by atoms with Gasteiger partial charge >= 0.3 is 6.61 Å². The SMILES string of the molecule is COc1ccnc(CNc2ccc(OC(F)F)cc2N)c1OC. The molecule has 1 aromatic heterocycles. The number of aromatic nitrogens is 1. The fraction of sp³-hybridized carbons (Fsp3) is 0.267. The first-order chi connectivity index (χ1) is 11.0. The Labute approximate surface area is 132 Å². The monoisotopic (exact) mass is 325 g/mol. The van der Waals surface area contributed by atoms with Crippen LogP contribution in [-0.2, 0) is 6.54 Å². The van der Waals surface area contributed by atoms with E-state index in [9.17, 15) is 8.78 Å². The van der Waals surface area contributed by atoms with Crippen molar-refractivity contribution in [2.24, 2.45) is 0 Å². The number of alkyl halides is 2. The summed E-state index contributed by atoms with van der Waals surface area (Å²) in [6.45, 7) is -2.57. The lowest BCUT2D eigenvalue weighted by Crippen LogP contribution is -2.07. The Balaban J connectivity index is 2.12. The van der Waals surface area contributed by atoms with E-state index in [2.05, 4.69) is 15.0 Å². The Morgan fingerprint density at radius 2 is 2.00 bits per heavy atom. The van der Waals surface area contributed by atoms with Crippen LogP contribution >= 0.6 is 0 Å². The van der Waals surface area contributed by atoms with Crippen LogP contribution in [-0.4, -0.2) is 25.8 Å². The number of nitrogens with two attached hydrogens (primary N) is 1. The van der Waals surface area contributed by atoms with E-state index in [4.69, 9.17) is 15.2 Å². The fourth-order valence-corrected chi connectivity index (χ4v) is 2.03. The molecule has 0 saturated heterocycles. The van der Waals surface area contributed by atoms with Crippen molar-refractivity contribution in [2.75, 3.05) is 25.3 Å². The maximum atomic E-state index is 12.2. The topological polar surface area (TPSA) is 78.6 Å². The fourth-order valence-electron chi connectivity index (χ4n) is 2.03. The van der Waals surface area contributed by atoms with E-state index in [1.807, 2.05) is 0 Å². The Hall–Kier alpha value is -2.77. The molecular weight excluding hydrogens is 308 g/mol. The number of anilines is 2. The largest absolute Gasteiger partial charge is 0.493 e. The van der Waals surface area contributed by atoms with Crippen LogP contribution in [0.5, 0.6) is 17.2 Å². The Bertz CT molecular complexity index is 668. The molecule has 0 fully saturated rings. The molecule has 1 heterocycles. The third-order valence-corrected chi connectivity index (χ3v) is 3.06. The van der Waals surface area contributed by atoms with E-state index < -0.39 is 6.61 Å². The summed E-state index contributed by atoms with van der Waals surface area (Å²) in [7, 11) is 3.06. The highest BCUT2D eigenvalue weighted by atomic mass is 19.3. The van der Waals surface area contributed by atoms with Gasteiger partial charge in [0.15, 0.2) is 11.5 Å². The summed E-state index contributed by atoms with van der Waals surface area (Å²) in [4.78, 5) is 4.23. The van der Waals surface area contributed by atoms with Crippen molar-refractivity contribution in [3.05, 3.63) is 36.2 Å². The second kappa shape index (κ2) is 7.48. The molecule has 0 aliphatic carbocycles. The number of hydrogen-bond donors (Lipinski definition) is 2. The first-order valence-corrected chi connectivity index (χ1v) is 6.69. The van der Waals surface area contributed by atoms with Crippen molar-refractivity contribution in [2.45, 2.75) is 13.2 Å². The van der Waals surface area contributed by atoms with Crippen molar-refractivity contribution in [3.8, 4) is 17.2 Å². The standard InChI is InChI=1S/C15H17F2N3O3/c1-21-13-5-6-19-12(14(13)22-2)8-20-11-4-3-9(7-10(11)18)23-15(16)17/h3-7,15,20H,8,18H2,1-2H3. The minimum atomic E-state index is -2.89. The first kappa shape index (κ1) is 16.6. The van der Waals surface area contributed by atoms with Crippen molar-refractivity contribution >= 4 is 11.4 Å². The predicted molar refractivity (Wildman–Crippen MR) is 82.2 cm³/mol. The van der Waals surface area contributed by atoms with Crippen molar-refractivity contribution in [1.29, 1.82) is 0 Å². The van der Waals surface area contributed by atoms with Gasteiger partial charge in [0.1, 0.15) is 11.4 Å². The number of ether oxygens (including phenoxy) is 3. The molecule has 0 aliphatic rings. The highest BCUT2D eigenvalue weighted by Crippen LogP contribution is 2.30. The lowest BCUT2D eigenvalue weighted by atomic mass is 10.2. The number of nitrogens with zero attached hydrogens (tertiary/aromatic N) is 1. The highest BCUT2D eigenvalue weighted by Gasteiger charge is 2.12. The summed E-state index contributed by atoms with van der Waals surface area (Å²) < 4.78 is 39.1. The van der Waals surface area contributed by atoms with Crippen LogP contribution in [0.1, 0.15) is 5.69 Å². The minimum absolute atomic E-state index is 0.000126. The number of benzene rings is 1. The molecule has 0 spiro atoms. The van der Waals surface area contributed by atoms with E-state index >= 15 is 0 Å². The molecule has 0 atom stereocenters. The van der Waals surface area contributed by atoms with Gasteiger partial charge in [0, 0.05) is 18.3 Å². The summed E-state index contributed by atoms with van der Waals surface area (Å²) in [5, 5.41) is 3.07. The van der Waals surface area contributed by atoms with E-state index in [0.717, 1.165) is 0 Å². The summed E-state index contributed by atoms with van der Waals surface area (Å²) >= 11 is 0. The van der Waals surface area contributed by atoms with Crippen LogP contribution < -0.4 is 25.3 Å². The van der Waals surface area contributed by atoms with Crippen LogP contribution in [0.15, 0.2) is 30.5 Å². The zero-order chi connectivity index (χ0) is 16.8. The molecule has 2 rings (SSSR count). The van der Waals surface area contributed by atoms with Crippen molar-refractivity contribution in [3.63, 3.8) is 0 Å². The molecular formula is C15H17F2N3O3. The molecule has 1 aromatic carbocycles. The lowest BCUT2D eigenvalue weighted by molar-refractivity contribution is -0.0497. The summed E-state index contributed by atoms with van der Waals surface area (Å²) in [5.74, 6) is 1.08. The molecule has 0 saturated carbocycles. The molecule has 23 heavy (non-hydrogen) atoms. The van der Waals surface area contributed by atoms with Crippen molar-refractivity contribution < 1.29 is 23.0 Å². The second-order valence-electron chi connectivity index (χ2n) is 4.47. The molecule has 2 aromatic rings. The average molecular weight is 325 g/mol. The third kappa shape index (κ3) is 4.12. The normalized spacial score (nSPS) is 10.5. The van der Waals surface area contributed by atoms with Gasteiger partial charge in [-0.3, -0.25) is 4.98 Å². The molecule has 0 amide bonds. The number of halogens is 2. The molecule has 3 N–H and O–H groups in total. The van der Waals surface area contributed by atoms with Gasteiger partial charge in [-0.15, -0.1) is 0 Å². The van der Waals surface area contributed by atoms with Gasteiger partial charge in [0.05, 0.1) is 32.1 Å². The Kier molecular flexibility index (Phi) is 5.40. The molecule has 0 unspecified atom stereocenters. The van der Waals surface area contributed by atoms with Gasteiger partial charge in [-0.25, -0.2) is 0 Å². The number of nitrogen functional groups attached to an aromatic ring is 1.